The number of carbonyl (C=O) groups is 1. The molecule has 1 aromatic carbocycles. The number of piperazine rings is 1. The predicted octanol–water partition coefficient (Wildman–Crippen LogP) is 0.886. The summed E-state index contributed by atoms with van der Waals surface area (Å²) in [4.78, 5) is 29.2. The first kappa shape index (κ1) is 17.3. The van der Waals surface area contributed by atoms with Gasteiger partial charge in [-0.15, -0.1) is 5.10 Å². The zero-order valence-corrected chi connectivity index (χ0v) is 15.2. The average molecular weight is 366 g/mol. The van der Waals surface area contributed by atoms with Crippen LogP contribution >= 0.6 is 0 Å². The second kappa shape index (κ2) is 7.24. The Kier molecular flexibility index (Phi) is 4.64. The number of likely N-dealkylation sites (N-methyl/N-ethyl adjacent to an activating group) is 1. The van der Waals surface area contributed by atoms with Gasteiger partial charge in [0.2, 0.25) is 5.91 Å². The molecule has 1 saturated heterocycles. The largest absolute Gasteiger partial charge is 0.369 e. The molecule has 8 nitrogen and oxygen atoms in total. The summed E-state index contributed by atoms with van der Waals surface area (Å²) in [7, 11) is 2.13. The first-order valence-electron chi connectivity index (χ1n) is 8.98. The molecule has 1 fully saturated rings. The van der Waals surface area contributed by atoms with Crippen LogP contribution < -0.4 is 15.9 Å². The molecule has 0 spiro atoms. The third-order valence-electron chi connectivity index (χ3n) is 4.80. The molecule has 3 aromatic rings. The minimum absolute atomic E-state index is 0.124. The number of hydrogen-bond acceptors (Lipinski definition) is 5. The van der Waals surface area contributed by atoms with Crippen molar-refractivity contribution < 1.29 is 4.79 Å². The van der Waals surface area contributed by atoms with Gasteiger partial charge in [-0.25, -0.2) is 9.48 Å². The Labute approximate surface area is 156 Å². The Balaban J connectivity index is 1.40. The number of benzene rings is 1. The van der Waals surface area contributed by atoms with Gasteiger partial charge in [-0.05, 0) is 43.4 Å². The van der Waals surface area contributed by atoms with Crippen LogP contribution in [0.1, 0.15) is 0 Å². The summed E-state index contributed by atoms with van der Waals surface area (Å²) in [5, 5.41) is 7.00. The molecule has 4 rings (SSSR count). The number of hydrogen-bond donors (Lipinski definition) is 1. The summed E-state index contributed by atoms with van der Waals surface area (Å²) in [5.74, 6) is -0.284. The zero-order valence-electron chi connectivity index (χ0n) is 15.2. The van der Waals surface area contributed by atoms with E-state index in [4.69, 9.17) is 0 Å². The molecule has 1 aliphatic rings. The van der Waals surface area contributed by atoms with Crippen molar-refractivity contribution in [3.63, 3.8) is 0 Å². The molecule has 0 atom stereocenters. The van der Waals surface area contributed by atoms with Crippen LogP contribution in [0.25, 0.3) is 5.65 Å². The van der Waals surface area contributed by atoms with Gasteiger partial charge < -0.3 is 15.1 Å². The Morgan fingerprint density at radius 2 is 1.81 bits per heavy atom. The quantitative estimate of drug-likeness (QED) is 0.742. The molecule has 0 radical (unpaired) electrons. The van der Waals surface area contributed by atoms with Crippen molar-refractivity contribution in [2.45, 2.75) is 6.54 Å². The predicted molar refractivity (Wildman–Crippen MR) is 104 cm³/mol. The summed E-state index contributed by atoms with van der Waals surface area (Å²) < 4.78 is 2.58. The fraction of sp³-hybridized carbons (Fsp3) is 0.316. The number of carbonyl (C=O) groups excluding carboxylic acids is 1. The molecule has 0 aliphatic carbocycles. The van der Waals surface area contributed by atoms with Crippen LogP contribution in [-0.4, -0.2) is 58.2 Å². The number of anilines is 2. The van der Waals surface area contributed by atoms with Crippen molar-refractivity contribution in [1.29, 1.82) is 0 Å². The van der Waals surface area contributed by atoms with Gasteiger partial charge in [0.15, 0.2) is 5.65 Å². The van der Waals surface area contributed by atoms with Crippen molar-refractivity contribution in [2.75, 3.05) is 43.4 Å². The normalized spacial score (nSPS) is 15.2. The third kappa shape index (κ3) is 3.70. The number of fused-ring (bicyclic) bond motifs is 1. The Morgan fingerprint density at radius 1 is 1.07 bits per heavy atom. The lowest BCUT2D eigenvalue weighted by molar-refractivity contribution is -0.117. The lowest BCUT2D eigenvalue weighted by Gasteiger charge is -2.34. The highest BCUT2D eigenvalue weighted by molar-refractivity contribution is 5.90. The average Bonchev–Trinajstić information content (AvgIpc) is 2.99. The molecule has 0 bridgehead atoms. The standard InChI is InChI=1S/C19H22N6O2/c1-22-10-12-23(13-11-22)16-7-5-15(6-8-16)20-18(26)14-25-19(27)24-9-3-2-4-17(24)21-25/h2-9H,10-14H2,1H3,(H,20,26). The summed E-state index contributed by atoms with van der Waals surface area (Å²) in [6, 6.07) is 13.1. The van der Waals surface area contributed by atoms with Gasteiger partial charge in [0.1, 0.15) is 6.54 Å². The lowest BCUT2D eigenvalue weighted by atomic mass is 10.2. The molecule has 3 heterocycles. The SMILES string of the molecule is CN1CCN(c2ccc(NC(=O)Cn3nc4ccccn4c3=O)cc2)CC1. The number of pyridine rings is 1. The molecule has 1 N–H and O–H groups in total. The molecule has 0 saturated carbocycles. The van der Waals surface area contributed by atoms with Crippen molar-refractivity contribution in [1.82, 2.24) is 19.1 Å². The number of amides is 1. The first-order valence-corrected chi connectivity index (χ1v) is 8.98. The van der Waals surface area contributed by atoms with E-state index in [1.807, 2.05) is 24.3 Å². The van der Waals surface area contributed by atoms with Crippen molar-refractivity contribution in [2.24, 2.45) is 0 Å². The molecule has 0 unspecified atom stereocenters. The van der Waals surface area contributed by atoms with Gasteiger partial charge in [0.25, 0.3) is 0 Å². The fourth-order valence-electron chi connectivity index (χ4n) is 3.23. The van der Waals surface area contributed by atoms with Gasteiger partial charge >= 0.3 is 5.69 Å². The van der Waals surface area contributed by atoms with E-state index >= 15 is 0 Å². The van der Waals surface area contributed by atoms with Crippen molar-refractivity contribution >= 4 is 22.9 Å². The number of nitrogens with one attached hydrogen (secondary N) is 1. The zero-order chi connectivity index (χ0) is 18.8. The highest BCUT2D eigenvalue weighted by atomic mass is 16.2. The van der Waals surface area contributed by atoms with Crippen LogP contribution in [0.2, 0.25) is 0 Å². The van der Waals surface area contributed by atoms with Crippen LogP contribution in [-0.2, 0) is 11.3 Å². The second-order valence-electron chi connectivity index (χ2n) is 6.75. The lowest BCUT2D eigenvalue weighted by Crippen LogP contribution is -2.44. The number of rotatable bonds is 4. The fourth-order valence-corrected chi connectivity index (χ4v) is 3.23. The van der Waals surface area contributed by atoms with E-state index < -0.39 is 0 Å². The molecular weight excluding hydrogens is 344 g/mol. The molecule has 8 heteroatoms. The molecular formula is C19H22N6O2. The van der Waals surface area contributed by atoms with Gasteiger partial charge in [0.05, 0.1) is 0 Å². The first-order chi connectivity index (χ1) is 13.1. The van der Waals surface area contributed by atoms with Crippen LogP contribution in [0.3, 0.4) is 0 Å². The Morgan fingerprint density at radius 3 is 2.52 bits per heavy atom. The van der Waals surface area contributed by atoms with Crippen LogP contribution in [0.15, 0.2) is 53.5 Å². The van der Waals surface area contributed by atoms with E-state index in [9.17, 15) is 9.59 Å². The minimum atomic E-state index is -0.328. The maximum atomic E-state index is 12.3. The monoisotopic (exact) mass is 366 g/mol. The maximum absolute atomic E-state index is 12.3. The van der Waals surface area contributed by atoms with Crippen LogP contribution in [0.5, 0.6) is 0 Å². The summed E-state index contributed by atoms with van der Waals surface area (Å²) in [6.45, 7) is 3.97. The Hall–Kier alpha value is -3.13. The van der Waals surface area contributed by atoms with Gasteiger partial charge in [-0.2, -0.15) is 0 Å². The molecule has 140 valence electrons. The van der Waals surface area contributed by atoms with E-state index in [0.717, 1.165) is 31.9 Å². The van der Waals surface area contributed by atoms with Gasteiger partial charge in [0, 0.05) is 43.8 Å². The maximum Gasteiger partial charge on any atom is 0.350 e. The number of aromatic nitrogens is 3. The van der Waals surface area contributed by atoms with Gasteiger partial charge in [-0.1, -0.05) is 6.07 Å². The van der Waals surface area contributed by atoms with Crippen LogP contribution in [0, 0.1) is 0 Å². The van der Waals surface area contributed by atoms with Crippen molar-refractivity contribution in [3.8, 4) is 0 Å². The summed E-state index contributed by atoms with van der Waals surface area (Å²) in [6.07, 6.45) is 1.64. The van der Waals surface area contributed by atoms with E-state index in [2.05, 4.69) is 27.3 Å². The van der Waals surface area contributed by atoms with E-state index in [1.54, 1.807) is 24.4 Å². The van der Waals surface area contributed by atoms with E-state index in [1.165, 1.54) is 9.08 Å². The highest BCUT2D eigenvalue weighted by Gasteiger charge is 2.14. The third-order valence-corrected chi connectivity index (χ3v) is 4.80. The molecule has 1 amide bonds. The highest BCUT2D eigenvalue weighted by Crippen LogP contribution is 2.19. The summed E-state index contributed by atoms with van der Waals surface area (Å²) in [5.41, 5.74) is 2.05. The topological polar surface area (TPSA) is 74.9 Å². The van der Waals surface area contributed by atoms with Crippen LogP contribution in [0.4, 0.5) is 11.4 Å². The van der Waals surface area contributed by atoms with Crippen molar-refractivity contribution in [3.05, 3.63) is 59.1 Å². The molecule has 1 aliphatic heterocycles. The molecule has 2 aromatic heterocycles. The van der Waals surface area contributed by atoms with E-state index in [0.29, 0.717) is 11.3 Å². The van der Waals surface area contributed by atoms with E-state index in [-0.39, 0.29) is 18.1 Å². The smallest absolute Gasteiger partial charge is 0.350 e. The summed E-state index contributed by atoms with van der Waals surface area (Å²) >= 11 is 0. The Bertz CT molecular complexity index is 999. The minimum Gasteiger partial charge on any atom is -0.369 e. The second-order valence-corrected chi connectivity index (χ2v) is 6.75. The van der Waals surface area contributed by atoms with Gasteiger partial charge in [-0.3, -0.25) is 9.20 Å². The number of nitrogens with zero attached hydrogens (tertiary/aromatic N) is 5. The molecule has 27 heavy (non-hydrogen) atoms.